The Morgan fingerprint density at radius 3 is 2.29 bits per heavy atom. The molecule has 0 saturated carbocycles. The second-order valence-electron chi connectivity index (χ2n) is 5.42. The molecule has 0 spiro atoms. The molecule has 0 fully saturated rings. The zero-order valence-electron chi connectivity index (χ0n) is 13.2. The van der Waals surface area contributed by atoms with E-state index in [1.54, 1.807) is 6.07 Å². The quantitative estimate of drug-likeness (QED) is 0.796. The Bertz CT molecular complexity index is 700. The molecule has 0 radical (unpaired) electrons. The van der Waals surface area contributed by atoms with E-state index in [4.69, 9.17) is 0 Å². The van der Waals surface area contributed by atoms with Crippen LogP contribution in [-0.4, -0.2) is 30.4 Å². The van der Waals surface area contributed by atoms with Gasteiger partial charge in [-0.1, -0.05) is 18.2 Å². The minimum atomic E-state index is -4.34. The first-order valence-corrected chi connectivity index (χ1v) is 7.96. The third kappa shape index (κ3) is 5.58. The topological polar surface area (TPSA) is 32.3 Å². The molecule has 2 aromatic carbocycles. The van der Waals surface area contributed by atoms with Gasteiger partial charge >= 0.3 is 5.51 Å². The minimum absolute atomic E-state index is 0.0482. The number of nitrogens with one attached hydrogen (secondary N) is 1. The summed E-state index contributed by atoms with van der Waals surface area (Å²) in [7, 11) is 3.85. The van der Waals surface area contributed by atoms with Crippen LogP contribution in [0.4, 0.5) is 18.9 Å². The first kappa shape index (κ1) is 18.4. The summed E-state index contributed by atoms with van der Waals surface area (Å²) in [6, 6.07) is 12.8. The molecule has 0 atom stereocenters. The van der Waals surface area contributed by atoms with E-state index in [1.807, 2.05) is 37.2 Å². The molecule has 0 unspecified atom stereocenters. The van der Waals surface area contributed by atoms with E-state index in [2.05, 4.69) is 5.32 Å². The van der Waals surface area contributed by atoms with Gasteiger partial charge in [0.05, 0.1) is 0 Å². The fraction of sp³-hybridized carbons (Fsp3) is 0.235. The number of hydrogen-bond donors (Lipinski definition) is 1. The summed E-state index contributed by atoms with van der Waals surface area (Å²) in [4.78, 5) is 14.3. The zero-order chi connectivity index (χ0) is 17.7. The number of rotatable bonds is 5. The standard InChI is InChI=1S/C17H17F3N2OS/c1-22(2)11-13-5-3-4-6-15(13)21-16(23)12-7-9-14(10-8-12)24-17(18,19)20/h3-10H,11H2,1-2H3,(H,21,23). The first-order chi connectivity index (χ1) is 11.2. The summed E-state index contributed by atoms with van der Waals surface area (Å²) in [5.41, 5.74) is -2.39. The molecular formula is C17H17F3N2OS. The van der Waals surface area contributed by atoms with E-state index < -0.39 is 5.51 Å². The molecule has 0 bridgehead atoms. The van der Waals surface area contributed by atoms with Crippen molar-refractivity contribution in [3.8, 4) is 0 Å². The van der Waals surface area contributed by atoms with Crippen molar-refractivity contribution in [1.29, 1.82) is 0 Å². The fourth-order valence-electron chi connectivity index (χ4n) is 2.12. The summed E-state index contributed by atoms with van der Waals surface area (Å²) in [5, 5.41) is 2.81. The first-order valence-electron chi connectivity index (χ1n) is 7.14. The summed E-state index contributed by atoms with van der Waals surface area (Å²) < 4.78 is 36.9. The van der Waals surface area contributed by atoms with Crippen molar-refractivity contribution in [3.05, 3.63) is 59.7 Å². The van der Waals surface area contributed by atoms with Crippen molar-refractivity contribution in [2.75, 3.05) is 19.4 Å². The summed E-state index contributed by atoms with van der Waals surface area (Å²) in [6.45, 7) is 0.664. The fourth-order valence-corrected chi connectivity index (χ4v) is 2.66. The number of hydrogen-bond acceptors (Lipinski definition) is 3. The Morgan fingerprint density at radius 2 is 1.71 bits per heavy atom. The number of benzene rings is 2. The number of carbonyl (C=O) groups excluding carboxylic acids is 1. The molecule has 0 aliphatic rings. The Hall–Kier alpha value is -1.99. The third-order valence-corrected chi connectivity index (χ3v) is 3.84. The van der Waals surface area contributed by atoms with Crippen LogP contribution in [0.3, 0.4) is 0 Å². The van der Waals surface area contributed by atoms with Gasteiger partial charge < -0.3 is 10.2 Å². The van der Waals surface area contributed by atoms with E-state index in [9.17, 15) is 18.0 Å². The molecule has 1 amide bonds. The molecule has 0 saturated heterocycles. The number of amides is 1. The molecule has 7 heteroatoms. The highest BCUT2D eigenvalue weighted by Crippen LogP contribution is 2.36. The van der Waals surface area contributed by atoms with Crippen LogP contribution in [0, 0.1) is 0 Å². The maximum Gasteiger partial charge on any atom is 0.446 e. The number of nitrogens with zero attached hydrogens (tertiary/aromatic N) is 1. The molecule has 3 nitrogen and oxygen atoms in total. The van der Waals surface area contributed by atoms with E-state index in [1.165, 1.54) is 24.3 Å². The average molecular weight is 354 g/mol. The molecule has 0 aliphatic carbocycles. The van der Waals surface area contributed by atoms with Crippen LogP contribution in [0.5, 0.6) is 0 Å². The number of para-hydroxylation sites is 1. The van der Waals surface area contributed by atoms with E-state index in [0.29, 0.717) is 17.8 Å². The van der Waals surface area contributed by atoms with Crippen molar-refractivity contribution in [2.45, 2.75) is 16.9 Å². The average Bonchev–Trinajstić information content (AvgIpc) is 2.48. The molecular weight excluding hydrogens is 337 g/mol. The Balaban J connectivity index is 2.10. The van der Waals surface area contributed by atoms with E-state index in [0.717, 1.165) is 5.56 Å². The van der Waals surface area contributed by atoms with Gasteiger partial charge in [0.1, 0.15) is 0 Å². The van der Waals surface area contributed by atoms with Crippen LogP contribution in [0.1, 0.15) is 15.9 Å². The van der Waals surface area contributed by atoms with Gasteiger partial charge in [-0.2, -0.15) is 13.2 Å². The third-order valence-electron chi connectivity index (χ3n) is 3.10. The zero-order valence-corrected chi connectivity index (χ0v) is 14.0. The Morgan fingerprint density at radius 1 is 1.08 bits per heavy atom. The summed E-state index contributed by atoms with van der Waals surface area (Å²) >= 11 is -0.203. The predicted molar refractivity (Wildman–Crippen MR) is 90.1 cm³/mol. The largest absolute Gasteiger partial charge is 0.446 e. The van der Waals surface area contributed by atoms with Crippen LogP contribution < -0.4 is 5.32 Å². The van der Waals surface area contributed by atoms with Crippen molar-refractivity contribution < 1.29 is 18.0 Å². The number of anilines is 1. The Kier molecular flexibility index (Phi) is 5.90. The maximum atomic E-state index is 12.3. The lowest BCUT2D eigenvalue weighted by Gasteiger charge is -2.15. The number of halogens is 3. The Labute approximate surface area is 142 Å². The van der Waals surface area contributed by atoms with E-state index in [-0.39, 0.29) is 22.6 Å². The van der Waals surface area contributed by atoms with Gasteiger partial charge in [-0.3, -0.25) is 4.79 Å². The maximum absolute atomic E-state index is 12.3. The van der Waals surface area contributed by atoms with Crippen LogP contribution in [0.2, 0.25) is 0 Å². The van der Waals surface area contributed by atoms with Crippen LogP contribution in [-0.2, 0) is 6.54 Å². The van der Waals surface area contributed by atoms with E-state index >= 15 is 0 Å². The lowest BCUT2D eigenvalue weighted by atomic mass is 10.1. The molecule has 128 valence electrons. The second kappa shape index (κ2) is 7.72. The van der Waals surface area contributed by atoms with Gasteiger partial charge in [0.25, 0.3) is 5.91 Å². The number of carbonyl (C=O) groups is 1. The SMILES string of the molecule is CN(C)Cc1ccccc1NC(=O)c1ccc(SC(F)(F)F)cc1. The number of thioether (sulfide) groups is 1. The van der Waals surface area contributed by atoms with Crippen LogP contribution in [0.25, 0.3) is 0 Å². The molecule has 24 heavy (non-hydrogen) atoms. The van der Waals surface area contributed by atoms with Gasteiger partial charge in [0, 0.05) is 22.7 Å². The lowest BCUT2D eigenvalue weighted by molar-refractivity contribution is -0.0328. The van der Waals surface area contributed by atoms with Gasteiger partial charge in [-0.15, -0.1) is 0 Å². The van der Waals surface area contributed by atoms with Gasteiger partial charge in [0.15, 0.2) is 0 Å². The highest BCUT2D eigenvalue weighted by atomic mass is 32.2. The van der Waals surface area contributed by atoms with Crippen molar-refractivity contribution in [3.63, 3.8) is 0 Å². The molecule has 2 rings (SSSR count). The highest BCUT2D eigenvalue weighted by molar-refractivity contribution is 8.00. The van der Waals surface area contributed by atoms with Gasteiger partial charge in [-0.05, 0) is 61.8 Å². The summed E-state index contributed by atoms with van der Waals surface area (Å²) in [6.07, 6.45) is 0. The minimum Gasteiger partial charge on any atom is -0.322 e. The highest BCUT2D eigenvalue weighted by Gasteiger charge is 2.29. The predicted octanol–water partition coefficient (Wildman–Crippen LogP) is 4.61. The van der Waals surface area contributed by atoms with Gasteiger partial charge in [0.2, 0.25) is 0 Å². The van der Waals surface area contributed by atoms with Crippen molar-refractivity contribution in [2.24, 2.45) is 0 Å². The second-order valence-corrected chi connectivity index (χ2v) is 6.56. The number of alkyl halides is 3. The normalized spacial score (nSPS) is 11.6. The molecule has 1 N–H and O–H groups in total. The van der Waals surface area contributed by atoms with Crippen LogP contribution >= 0.6 is 11.8 Å². The molecule has 0 aliphatic heterocycles. The molecule has 0 aromatic heterocycles. The van der Waals surface area contributed by atoms with Crippen molar-refractivity contribution in [1.82, 2.24) is 4.90 Å². The lowest BCUT2D eigenvalue weighted by Crippen LogP contribution is -2.16. The van der Waals surface area contributed by atoms with Crippen LogP contribution in [0.15, 0.2) is 53.4 Å². The molecule has 2 aromatic rings. The summed E-state index contributed by atoms with van der Waals surface area (Å²) in [5.74, 6) is -0.357. The van der Waals surface area contributed by atoms with Gasteiger partial charge in [-0.25, -0.2) is 0 Å². The monoisotopic (exact) mass is 354 g/mol. The molecule has 0 heterocycles. The van der Waals surface area contributed by atoms with Crippen molar-refractivity contribution >= 4 is 23.4 Å². The smallest absolute Gasteiger partial charge is 0.322 e.